The van der Waals surface area contributed by atoms with Gasteiger partial charge in [-0.2, -0.15) is 5.26 Å². The first kappa shape index (κ1) is 20.5. The third-order valence-electron chi connectivity index (χ3n) is 5.31. The maximum absolute atomic E-state index is 11.7. The number of fused-ring (bicyclic) bond motifs is 3. The Kier molecular flexibility index (Phi) is 5.87. The number of nitrogens with two attached hydrogens (primary N) is 1. The van der Waals surface area contributed by atoms with Gasteiger partial charge in [0.05, 0.1) is 25.2 Å². The van der Waals surface area contributed by atoms with E-state index in [-0.39, 0.29) is 12.4 Å². The molecule has 31 heavy (non-hydrogen) atoms. The van der Waals surface area contributed by atoms with E-state index in [0.29, 0.717) is 36.6 Å². The van der Waals surface area contributed by atoms with Crippen LogP contribution in [0.2, 0.25) is 0 Å². The number of benzene rings is 3. The molecule has 0 amide bonds. The Morgan fingerprint density at radius 3 is 2.77 bits per heavy atom. The Hall–Kier alpha value is -3.82. The van der Waals surface area contributed by atoms with E-state index in [1.165, 1.54) is 7.11 Å². The average Bonchev–Trinajstić information content (AvgIpc) is 2.82. The summed E-state index contributed by atoms with van der Waals surface area (Å²) in [5, 5.41) is 9.22. The van der Waals surface area contributed by atoms with Crippen molar-refractivity contribution in [1.29, 1.82) is 5.26 Å². The monoisotopic (exact) mass is 414 g/mol. The molecule has 0 atom stereocenters. The number of esters is 1. The summed E-state index contributed by atoms with van der Waals surface area (Å²) in [6, 6.07) is 19.2. The van der Waals surface area contributed by atoms with Crippen molar-refractivity contribution in [2.75, 3.05) is 7.11 Å². The van der Waals surface area contributed by atoms with Crippen molar-refractivity contribution in [3.8, 4) is 28.7 Å². The molecular formula is C25H22N2O4. The molecule has 1 heterocycles. The van der Waals surface area contributed by atoms with Gasteiger partial charge in [0.25, 0.3) is 0 Å². The van der Waals surface area contributed by atoms with Gasteiger partial charge in [-0.05, 0) is 34.9 Å². The standard InChI is InChI=1S/C25H22N2O4/c1-29-24(28)11-18-7-5-16(12-26)10-23(18)30-14-17-6-8-20-15-31-25-19(13-27)3-2-4-21(25)22(20)9-17/h2-10H,11,13-15,27H2,1H3. The van der Waals surface area contributed by atoms with Crippen molar-refractivity contribution in [1.82, 2.24) is 0 Å². The minimum atomic E-state index is -0.365. The first-order valence-corrected chi connectivity index (χ1v) is 9.92. The zero-order valence-corrected chi connectivity index (χ0v) is 17.2. The molecule has 0 bridgehead atoms. The van der Waals surface area contributed by atoms with E-state index in [2.05, 4.69) is 12.1 Å². The van der Waals surface area contributed by atoms with Gasteiger partial charge >= 0.3 is 5.97 Å². The van der Waals surface area contributed by atoms with Gasteiger partial charge in [-0.15, -0.1) is 0 Å². The number of nitriles is 1. The minimum absolute atomic E-state index is 0.0777. The molecule has 156 valence electrons. The molecule has 0 spiro atoms. The molecular weight excluding hydrogens is 392 g/mol. The summed E-state index contributed by atoms with van der Waals surface area (Å²) in [7, 11) is 1.34. The van der Waals surface area contributed by atoms with E-state index in [1.54, 1.807) is 18.2 Å². The smallest absolute Gasteiger partial charge is 0.310 e. The third kappa shape index (κ3) is 4.23. The summed E-state index contributed by atoms with van der Waals surface area (Å²) >= 11 is 0. The van der Waals surface area contributed by atoms with Gasteiger partial charge < -0.3 is 19.9 Å². The molecule has 0 aliphatic carbocycles. The molecule has 0 radical (unpaired) electrons. The molecule has 4 rings (SSSR count). The Balaban J connectivity index is 1.61. The van der Waals surface area contributed by atoms with Crippen LogP contribution in [0.1, 0.15) is 27.8 Å². The Morgan fingerprint density at radius 1 is 1.13 bits per heavy atom. The number of carbonyl (C=O) groups excluding carboxylic acids is 1. The second-order valence-corrected chi connectivity index (χ2v) is 7.25. The summed E-state index contributed by atoms with van der Waals surface area (Å²) in [5.74, 6) is 0.963. The topological polar surface area (TPSA) is 94.6 Å². The van der Waals surface area contributed by atoms with Crippen LogP contribution in [0.3, 0.4) is 0 Å². The Labute approximate surface area is 180 Å². The van der Waals surface area contributed by atoms with Crippen LogP contribution in [0.25, 0.3) is 11.1 Å². The second-order valence-electron chi connectivity index (χ2n) is 7.25. The largest absolute Gasteiger partial charge is 0.489 e. The first-order chi connectivity index (χ1) is 15.1. The number of hydrogen-bond acceptors (Lipinski definition) is 6. The van der Waals surface area contributed by atoms with E-state index in [4.69, 9.17) is 19.9 Å². The average molecular weight is 414 g/mol. The van der Waals surface area contributed by atoms with Crippen molar-refractivity contribution in [3.05, 3.63) is 82.4 Å². The molecule has 3 aromatic carbocycles. The van der Waals surface area contributed by atoms with Crippen molar-refractivity contribution in [2.45, 2.75) is 26.2 Å². The van der Waals surface area contributed by atoms with E-state index in [1.807, 2.05) is 30.3 Å². The van der Waals surface area contributed by atoms with Crippen molar-refractivity contribution in [3.63, 3.8) is 0 Å². The number of carbonyl (C=O) groups is 1. The molecule has 1 aliphatic rings. The van der Waals surface area contributed by atoms with Crippen molar-refractivity contribution < 1.29 is 19.0 Å². The maximum atomic E-state index is 11.7. The molecule has 0 fully saturated rings. The molecule has 6 heteroatoms. The highest BCUT2D eigenvalue weighted by atomic mass is 16.5. The third-order valence-corrected chi connectivity index (χ3v) is 5.31. The number of nitrogens with zero attached hydrogens (tertiary/aromatic N) is 1. The van der Waals surface area contributed by atoms with Gasteiger partial charge in [0.2, 0.25) is 0 Å². The molecule has 3 aromatic rings. The van der Waals surface area contributed by atoms with Crippen molar-refractivity contribution in [2.24, 2.45) is 5.73 Å². The fourth-order valence-corrected chi connectivity index (χ4v) is 3.66. The van der Waals surface area contributed by atoms with Gasteiger partial charge in [-0.25, -0.2) is 0 Å². The summed E-state index contributed by atoms with van der Waals surface area (Å²) in [4.78, 5) is 11.7. The number of ether oxygens (including phenoxy) is 3. The molecule has 6 nitrogen and oxygen atoms in total. The minimum Gasteiger partial charge on any atom is -0.489 e. The van der Waals surface area contributed by atoms with Gasteiger partial charge in [0.1, 0.15) is 24.7 Å². The number of para-hydroxylation sites is 1. The molecule has 0 aromatic heterocycles. The van der Waals surface area contributed by atoms with E-state index in [9.17, 15) is 10.1 Å². The fraction of sp³-hybridized carbons (Fsp3) is 0.200. The molecule has 2 N–H and O–H groups in total. The second kappa shape index (κ2) is 8.90. The van der Waals surface area contributed by atoms with Gasteiger partial charge in [-0.3, -0.25) is 4.79 Å². The lowest BCUT2D eigenvalue weighted by molar-refractivity contribution is -0.139. The van der Waals surface area contributed by atoms with Gasteiger partial charge in [0.15, 0.2) is 0 Å². The van der Waals surface area contributed by atoms with Gasteiger partial charge in [-0.1, -0.05) is 36.4 Å². The van der Waals surface area contributed by atoms with Crippen LogP contribution in [-0.2, 0) is 35.7 Å². The SMILES string of the molecule is COC(=O)Cc1ccc(C#N)cc1OCc1ccc2c(c1)-c1cccc(CN)c1OC2. The quantitative estimate of drug-likeness (QED) is 0.616. The maximum Gasteiger partial charge on any atom is 0.310 e. The predicted octanol–water partition coefficient (Wildman–Crippen LogP) is 3.87. The van der Waals surface area contributed by atoms with E-state index < -0.39 is 0 Å². The van der Waals surface area contributed by atoms with Crippen LogP contribution in [0.5, 0.6) is 11.5 Å². The molecule has 1 aliphatic heterocycles. The Bertz CT molecular complexity index is 1180. The highest BCUT2D eigenvalue weighted by Crippen LogP contribution is 2.40. The first-order valence-electron chi connectivity index (χ1n) is 9.92. The summed E-state index contributed by atoms with van der Waals surface area (Å²) in [6.45, 7) is 1.20. The molecule has 0 saturated heterocycles. The zero-order valence-electron chi connectivity index (χ0n) is 17.2. The summed E-state index contributed by atoms with van der Waals surface area (Å²) in [5.41, 5.74) is 12.2. The lowest BCUT2D eigenvalue weighted by Crippen LogP contribution is -2.10. The Morgan fingerprint density at radius 2 is 2.00 bits per heavy atom. The number of methoxy groups -OCH3 is 1. The van der Waals surface area contributed by atoms with Crippen molar-refractivity contribution >= 4 is 5.97 Å². The van der Waals surface area contributed by atoms with E-state index in [0.717, 1.165) is 33.6 Å². The van der Waals surface area contributed by atoms with E-state index >= 15 is 0 Å². The lowest BCUT2D eigenvalue weighted by atomic mass is 9.93. The fourth-order valence-electron chi connectivity index (χ4n) is 3.66. The summed E-state index contributed by atoms with van der Waals surface area (Å²) < 4.78 is 16.7. The van der Waals surface area contributed by atoms with Crippen LogP contribution >= 0.6 is 0 Å². The number of rotatable bonds is 6. The van der Waals surface area contributed by atoms with Crippen LogP contribution in [0.15, 0.2) is 54.6 Å². The highest BCUT2D eigenvalue weighted by Gasteiger charge is 2.20. The highest BCUT2D eigenvalue weighted by molar-refractivity contribution is 5.77. The van der Waals surface area contributed by atoms with Crippen LogP contribution in [0.4, 0.5) is 0 Å². The van der Waals surface area contributed by atoms with Crippen LogP contribution in [0, 0.1) is 11.3 Å². The van der Waals surface area contributed by atoms with Crippen LogP contribution in [-0.4, -0.2) is 13.1 Å². The predicted molar refractivity (Wildman–Crippen MR) is 115 cm³/mol. The molecule has 0 saturated carbocycles. The van der Waals surface area contributed by atoms with Crippen LogP contribution < -0.4 is 15.2 Å². The van der Waals surface area contributed by atoms with Gasteiger partial charge in [0, 0.05) is 23.2 Å². The molecule has 0 unspecified atom stereocenters. The number of hydrogen-bond donors (Lipinski definition) is 1. The normalized spacial score (nSPS) is 11.5. The lowest BCUT2D eigenvalue weighted by Gasteiger charge is -2.23. The zero-order chi connectivity index (χ0) is 21.8. The summed E-state index contributed by atoms with van der Waals surface area (Å²) in [6.07, 6.45) is 0.0777.